The predicted octanol–water partition coefficient (Wildman–Crippen LogP) is 4.58. The molecular formula is C23H29N3O2. The van der Waals surface area contributed by atoms with Gasteiger partial charge in [-0.3, -0.25) is 4.79 Å². The van der Waals surface area contributed by atoms with Gasteiger partial charge in [0.2, 0.25) is 0 Å². The van der Waals surface area contributed by atoms with Crippen molar-refractivity contribution >= 4 is 17.8 Å². The summed E-state index contributed by atoms with van der Waals surface area (Å²) in [7, 11) is 0. The number of para-hydroxylation sites is 1. The number of carbonyl (C=O) groups excluding carboxylic acids is 1. The standard InChI is InChI=1S/C23H29N3O2/c1-6-26-20-11-15(2)17(12-19(20)16(3)13-23(26,4)5)14-24-25-22(28)18-9-7-8-10-21(18)27/h7-12,14,16,27H,6,13H2,1-5H3,(H,25,28)/b24-14+/t16-/m1/s1. The van der Waals surface area contributed by atoms with Crippen molar-refractivity contribution in [2.75, 3.05) is 11.4 Å². The molecule has 0 unspecified atom stereocenters. The van der Waals surface area contributed by atoms with Gasteiger partial charge in [-0.2, -0.15) is 5.10 Å². The van der Waals surface area contributed by atoms with Crippen LogP contribution in [0.2, 0.25) is 0 Å². The second-order valence-corrected chi connectivity index (χ2v) is 8.15. The number of hydrogen-bond donors (Lipinski definition) is 2. The van der Waals surface area contributed by atoms with Crippen LogP contribution < -0.4 is 10.3 Å². The van der Waals surface area contributed by atoms with E-state index in [0.29, 0.717) is 5.92 Å². The van der Waals surface area contributed by atoms with Gasteiger partial charge in [-0.15, -0.1) is 0 Å². The molecule has 28 heavy (non-hydrogen) atoms. The summed E-state index contributed by atoms with van der Waals surface area (Å²) in [6, 6.07) is 10.8. The van der Waals surface area contributed by atoms with Gasteiger partial charge in [0, 0.05) is 17.8 Å². The molecule has 0 saturated carbocycles. The van der Waals surface area contributed by atoms with Gasteiger partial charge in [0.15, 0.2) is 0 Å². The minimum Gasteiger partial charge on any atom is -0.507 e. The van der Waals surface area contributed by atoms with Crippen LogP contribution in [0.25, 0.3) is 0 Å². The average Bonchev–Trinajstić information content (AvgIpc) is 2.62. The summed E-state index contributed by atoms with van der Waals surface area (Å²) in [4.78, 5) is 14.7. The summed E-state index contributed by atoms with van der Waals surface area (Å²) < 4.78 is 0. The third-order valence-corrected chi connectivity index (χ3v) is 5.61. The molecule has 148 valence electrons. The number of phenolic OH excluding ortho intramolecular Hbond substituents is 1. The highest BCUT2D eigenvalue weighted by Crippen LogP contribution is 2.43. The number of hydrazone groups is 1. The Morgan fingerprint density at radius 2 is 2.07 bits per heavy atom. The fraction of sp³-hybridized carbons (Fsp3) is 0.391. The monoisotopic (exact) mass is 379 g/mol. The van der Waals surface area contributed by atoms with Crippen LogP contribution in [0.4, 0.5) is 5.69 Å². The van der Waals surface area contributed by atoms with E-state index in [1.165, 1.54) is 17.3 Å². The molecule has 0 radical (unpaired) electrons. The molecule has 2 aromatic carbocycles. The number of rotatable bonds is 4. The maximum atomic E-state index is 12.2. The van der Waals surface area contributed by atoms with Crippen molar-refractivity contribution in [3.8, 4) is 5.75 Å². The summed E-state index contributed by atoms with van der Waals surface area (Å²) in [5.74, 6) is -0.0371. The number of nitrogens with one attached hydrogen (secondary N) is 1. The molecule has 1 amide bonds. The highest BCUT2D eigenvalue weighted by molar-refractivity contribution is 5.97. The van der Waals surface area contributed by atoms with E-state index in [-0.39, 0.29) is 16.9 Å². The van der Waals surface area contributed by atoms with Gasteiger partial charge in [-0.1, -0.05) is 19.1 Å². The Morgan fingerprint density at radius 3 is 2.75 bits per heavy atom. The minimum absolute atomic E-state index is 0.0590. The van der Waals surface area contributed by atoms with E-state index in [1.807, 2.05) is 0 Å². The maximum absolute atomic E-state index is 12.2. The maximum Gasteiger partial charge on any atom is 0.275 e. The lowest BCUT2D eigenvalue weighted by molar-refractivity contribution is 0.0952. The summed E-state index contributed by atoms with van der Waals surface area (Å²) in [5, 5.41) is 13.9. The van der Waals surface area contributed by atoms with Crippen LogP contribution in [0.5, 0.6) is 5.75 Å². The number of anilines is 1. The second-order valence-electron chi connectivity index (χ2n) is 8.15. The van der Waals surface area contributed by atoms with Crippen LogP contribution >= 0.6 is 0 Å². The number of aryl methyl sites for hydroxylation is 1. The van der Waals surface area contributed by atoms with Gasteiger partial charge in [0.25, 0.3) is 5.91 Å². The first-order valence-electron chi connectivity index (χ1n) is 9.78. The molecule has 2 N–H and O–H groups in total. The molecule has 5 nitrogen and oxygen atoms in total. The van der Waals surface area contributed by atoms with Crippen LogP contribution in [0.15, 0.2) is 41.5 Å². The number of benzene rings is 2. The third-order valence-electron chi connectivity index (χ3n) is 5.61. The first-order valence-corrected chi connectivity index (χ1v) is 9.78. The molecule has 0 spiro atoms. The molecule has 0 fully saturated rings. The Morgan fingerprint density at radius 1 is 1.36 bits per heavy atom. The number of amides is 1. The van der Waals surface area contributed by atoms with Crippen molar-refractivity contribution < 1.29 is 9.90 Å². The highest BCUT2D eigenvalue weighted by Gasteiger charge is 2.35. The molecule has 0 saturated heterocycles. The first-order chi connectivity index (χ1) is 13.2. The predicted molar refractivity (Wildman–Crippen MR) is 114 cm³/mol. The van der Waals surface area contributed by atoms with E-state index >= 15 is 0 Å². The van der Waals surface area contributed by atoms with E-state index in [4.69, 9.17) is 0 Å². The smallest absolute Gasteiger partial charge is 0.275 e. The molecule has 1 atom stereocenters. The van der Waals surface area contributed by atoms with Gasteiger partial charge in [0.1, 0.15) is 5.75 Å². The number of carbonyl (C=O) groups is 1. The molecule has 0 bridgehead atoms. The van der Waals surface area contributed by atoms with Crippen LogP contribution in [-0.4, -0.2) is 29.3 Å². The molecule has 1 aliphatic rings. The number of phenols is 1. The zero-order chi connectivity index (χ0) is 20.5. The van der Waals surface area contributed by atoms with Gasteiger partial charge in [-0.05, 0) is 81.0 Å². The minimum atomic E-state index is -0.433. The quantitative estimate of drug-likeness (QED) is 0.604. The van der Waals surface area contributed by atoms with E-state index in [1.54, 1.807) is 24.4 Å². The van der Waals surface area contributed by atoms with Gasteiger partial charge in [-0.25, -0.2) is 5.43 Å². The lowest BCUT2D eigenvalue weighted by Gasteiger charge is -2.47. The Kier molecular flexibility index (Phi) is 5.45. The van der Waals surface area contributed by atoms with E-state index in [0.717, 1.165) is 24.1 Å². The Labute approximate surface area is 167 Å². The lowest BCUT2D eigenvalue weighted by atomic mass is 9.79. The second kappa shape index (κ2) is 7.66. The zero-order valence-corrected chi connectivity index (χ0v) is 17.3. The van der Waals surface area contributed by atoms with E-state index < -0.39 is 5.91 Å². The number of aromatic hydroxyl groups is 1. The normalized spacial score (nSPS) is 18.2. The molecule has 1 aliphatic heterocycles. The summed E-state index contributed by atoms with van der Waals surface area (Å²) in [5.41, 5.74) is 7.55. The largest absolute Gasteiger partial charge is 0.507 e. The van der Waals surface area contributed by atoms with E-state index in [2.05, 4.69) is 62.2 Å². The number of fused-ring (bicyclic) bond motifs is 1. The fourth-order valence-corrected chi connectivity index (χ4v) is 4.27. The topological polar surface area (TPSA) is 64.9 Å². The average molecular weight is 380 g/mol. The highest BCUT2D eigenvalue weighted by atomic mass is 16.3. The molecule has 1 heterocycles. The molecule has 3 rings (SSSR count). The van der Waals surface area contributed by atoms with Gasteiger partial charge in [0.05, 0.1) is 11.8 Å². The van der Waals surface area contributed by atoms with E-state index in [9.17, 15) is 9.90 Å². The Hall–Kier alpha value is -2.82. The zero-order valence-electron chi connectivity index (χ0n) is 17.3. The molecule has 2 aromatic rings. The molecule has 0 aromatic heterocycles. The SMILES string of the molecule is CCN1c2cc(C)c(/C=N/NC(=O)c3ccccc3O)cc2[C@H](C)CC1(C)C. The van der Waals surface area contributed by atoms with Crippen molar-refractivity contribution in [2.24, 2.45) is 5.10 Å². The Balaban J connectivity index is 1.84. The lowest BCUT2D eigenvalue weighted by Crippen LogP contribution is -2.48. The fourth-order valence-electron chi connectivity index (χ4n) is 4.27. The van der Waals surface area contributed by atoms with Crippen molar-refractivity contribution in [2.45, 2.75) is 52.5 Å². The summed E-state index contributed by atoms with van der Waals surface area (Å²) in [6.07, 6.45) is 2.77. The van der Waals surface area contributed by atoms with Crippen molar-refractivity contribution in [1.82, 2.24) is 5.43 Å². The van der Waals surface area contributed by atoms with Gasteiger partial charge < -0.3 is 10.0 Å². The molecular weight excluding hydrogens is 350 g/mol. The Bertz CT molecular complexity index is 918. The van der Waals surface area contributed by atoms with Gasteiger partial charge >= 0.3 is 0 Å². The first kappa shape index (κ1) is 19.9. The molecule has 0 aliphatic carbocycles. The van der Waals surface area contributed by atoms with Crippen molar-refractivity contribution in [1.29, 1.82) is 0 Å². The van der Waals surface area contributed by atoms with Crippen LogP contribution in [0.1, 0.15) is 67.1 Å². The summed E-state index contributed by atoms with van der Waals surface area (Å²) in [6.45, 7) is 12.1. The van der Waals surface area contributed by atoms with Crippen LogP contribution in [-0.2, 0) is 0 Å². The molecule has 5 heteroatoms. The van der Waals surface area contributed by atoms with Crippen LogP contribution in [0.3, 0.4) is 0 Å². The van der Waals surface area contributed by atoms with Crippen molar-refractivity contribution in [3.05, 3.63) is 58.7 Å². The number of hydrogen-bond acceptors (Lipinski definition) is 4. The van der Waals surface area contributed by atoms with Crippen LogP contribution in [0, 0.1) is 6.92 Å². The van der Waals surface area contributed by atoms with Crippen molar-refractivity contribution in [3.63, 3.8) is 0 Å². The summed E-state index contributed by atoms with van der Waals surface area (Å²) >= 11 is 0. The third kappa shape index (κ3) is 3.75. The number of nitrogens with zero attached hydrogens (tertiary/aromatic N) is 2.